The van der Waals surface area contributed by atoms with Crippen molar-refractivity contribution in [1.29, 1.82) is 0 Å². The predicted octanol–water partition coefficient (Wildman–Crippen LogP) is 2.46. The van der Waals surface area contributed by atoms with Crippen LogP contribution >= 0.6 is 0 Å². The van der Waals surface area contributed by atoms with E-state index in [1.54, 1.807) is 0 Å². The normalized spacial score (nSPS) is 14.9. The molecule has 0 aliphatic carbocycles. The maximum atomic E-state index is 13.9. The number of anilines is 2. The van der Waals surface area contributed by atoms with E-state index >= 15 is 0 Å². The first kappa shape index (κ1) is 16.6. The van der Waals surface area contributed by atoms with Crippen LogP contribution in [0.1, 0.15) is 18.4 Å². The summed E-state index contributed by atoms with van der Waals surface area (Å²) >= 11 is 0. The summed E-state index contributed by atoms with van der Waals surface area (Å²) in [6.07, 6.45) is 4.83. The molecule has 0 amide bonds. The van der Waals surface area contributed by atoms with Gasteiger partial charge in [-0.05, 0) is 37.5 Å². The third-order valence-electron chi connectivity index (χ3n) is 3.79. The fourth-order valence-corrected chi connectivity index (χ4v) is 3.59. The van der Waals surface area contributed by atoms with Crippen LogP contribution in [0.25, 0.3) is 0 Å². The van der Waals surface area contributed by atoms with E-state index in [-0.39, 0.29) is 11.4 Å². The van der Waals surface area contributed by atoms with Gasteiger partial charge < -0.3 is 4.90 Å². The molecule has 0 bridgehead atoms. The van der Waals surface area contributed by atoms with Gasteiger partial charge in [0.15, 0.2) is 5.82 Å². The smallest absolute Gasteiger partial charge is 0.266 e. The van der Waals surface area contributed by atoms with Crippen molar-refractivity contribution < 1.29 is 17.2 Å². The quantitative estimate of drug-likeness (QED) is 0.913. The molecule has 128 valence electrons. The van der Waals surface area contributed by atoms with Crippen molar-refractivity contribution in [3.05, 3.63) is 41.7 Å². The molecule has 1 N–H and O–H groups in total. The molecule has 0 radical (unpaired) electrons. The average Bonchev–Trinajstić information content (AvgIpc) is 3.05. The number of hydrogen-bond acceptors (Lipinski definition) is 5. The topological polar surface area (TPSA) is 75.2 Å². The van der Waals surface area contributed by atoms with Crippen molar-refractivity contribution in [2.75, 3.05) is 22.7 Å². The first-order chi connectivity index (χ1) is 11.4. The molecule has 1 aliphatic rings. The Kier molecular flexibility index (Phi) is 4.35. The minimum absolute atomic E-state index is 0.0299. The highest BCUT2D eigenvalue weighted by atomic mass is 32.2. The van der Waals surface area contributed by atoms with Crippen LogP contribution in [0.15, 0.2) is 29.4 Å². The van der Waals surface area contributed by atoms with Gasteiger partial charge in [0.05, 0.1) is 12.4 Å². The van der Waals surface area contributed by atoms with E-state index in [4.69, 9.17) is 0 Å². The van der Waals surface area contributed by atoms with Crippen LogP contribution in [0.3, 0.4) is 0 Å². The standard InChI is InChI=1S/C15H16F2N4O2S/c1-10-6-12(17)13(7-11(10)16)24(22,23)20-14-8-18-9-15(19-14)21-4-2-3-5-21/h6-9H,2-5H2,1H3,(H,19,20). The van der Waals surface area contributed by atoms with E-state index in [1.807, 2.05) is 4.90 Å². The predicted molar refractivity (Wildman–Crippen MR) is 85.4 cm³/mol. The lowest BCUT2D eigenvalue weighted by Crippen LogP contribution is -2.21. The number of halogens is 2. The number of sulfonamides is 1. The summed E-state index contributed by atoms with van der Waals surface area (Å²) < 4.78 is 54.3. The Morgan fingerprint density at radius 3 is 2.54 bits per heavy atom. The lowest BCUT2D eigenvalue weighted by atomic mass is 10.2. The summed E-state index contributed by atoms with van der Waals surface area (Å²) in [6, 6.07) is 1.50. The second kappa shape index (κ2) is 6.31. The number of aromatic nitrogens is 2. The van der Waals surface area contributed by atoms with Gasteiger partial charge in [0.1, 0.15) is 22.3 Å². The molecule has 2 aromatic rings. The van der Waals surface area contributed by atoms with E-state index in [9.17, 15) is 17.2 Å². The van der Waals surface area contributed by atoms with Gasteiger partial charge in [-0.25, -0.2) is 22.2 Å². The molecule has 9 heteroatoms. The van der Waals surface area contributed by atoms with E-state index < -0.39 is 26.6 Å². The molecule has 1 aromatic heterocycles. The Morgan fingerprint density at radius 2 is 1.83 bits per heavy atom. The lowest BCUT2D eigenvalue weighted by Gasteiger charge is -2.16. The highest BCUT2D eigenvalue weighted by Gasteiger charge is 2.22. The molecule has 0 unspecified atom stereocenters. The maximum absolute atomic E-state index is 13.9. The van der Waals surface area contributed by atoms with Gasteiger partial charge in [0.25, 0.3) is 10.0 Å². The van der Waals surface area contributed by atoms with Crippen molar-refractivity contribution in [3.63, 3.8) is 0 Å². The van der Waals surface area contributed by atoms with Crippen LogP contribution in [0.4, 0.5) is 20.4 Å². The van der Waals surface area contributed by atoms with Gasteiger partial charge in [-0.15, -0.1) is 0 Å². The lowest BCUT2D eigenvalue weighted by molar-refractivity contribution is 0.551. The molecule has 1 saturated heterocycles. The third kappa shape index (κ3) is 3.30. The van der Waals surface area contributed by atoms with Crippen LogP contribution in [0.2, 0.25) is 0 Å². The summed E-state index contributed by atoms with van der Waals surface area (Å²) in [5.74, 6) is -1.32. The van der Waals surface area contributed by atoms with Crippen molar-refractivity contribution in [3.8, 4) is 0 Å². The molecule has 0 spiro atoms. The summed E-state index contributed by atoms with van der Waals surface area (Å²) in [6.45, 7) is 3.00. The zero-order valence-electron chi connectivity index (χ0n) is 13.0. The van der Waals surface area contributed by atoms with E-state index in [0.717, 1.165) is 32.0 Å². The first-order valence-electron chi connectivity index (χ1n) is 7.42. The Hall–Kier alpha value is -2.29. The first-order valence-corrected chi connectivity index (χ1v) is 8.90. The molecule has 1 aliphatic heterocycles. The summed E-state index contributed by atoms with van der Waals surface area (Å²) in [5.41, 5.74) is 0.0299. The van der Waals surface area contributed by atoms with Crippen molar-refractivity contribution in [2.45, 2.75) is 24.7 Å². The molecule has 3 rings (SSSR count). The van der Waals surface area contributed by atoms with E-state index in [1.165, 1.54) is 19.3 Å². The Bertz CT molecular complexity index is 868. The number of benzene rings is 1. The summed E-state index contributed by atoms with van der Waals surface area (Å²) in [4.78, 5) is 9.37. The summed E-state index contributed by atoms with van der Waals surface area (Å²) in [7, 11) is -4.31. The molecule has 0 saturated carbocycles. The largest absolute Gasteiger partial charge is 0.355 e. The van der Waals surface area contributed by atoms with Gasteiger partial charge in [-0.1, -0.05) is 0 Å². The fourth-order valence-electron chi connectivity index (χ4n) is 2.53. The highest BCUT2D eigenvalue weighted by Crippen LogP contribution is 2.23. The molecule has 0 atom stereocenters. The van der Waals surface area contributed by atoms with E-state index in [0.29, 0.717) is 11.9 Å². The molecule has 2 heterocycles. The van der Waals surface area contributed by atoms with Gasteiger partial charge in [-0.2, -0.15) is 0 Å². The monoisotopic (exact) mass is 354 g/mol. The third-order valence-corrected chi connectivity index (χ3v) is 5.16. The number of rotatable bonds is 4. The summed E-state index contributed by atoms with van der Waals surface area (Å²) in [5, 5.41) is 0. The van der Waals surface area contributed by atoms with E-state index in [2.05, 4.69) is 14.7 Å². The highest BCUT2D eigenvalue weighted by molar-refractivity contribution is 7.92. The Balaban J connectivity index is 1.90. The van der Waals surface area contributed by atoms with Crippen molar-refractivity contribution in [1.82, 2.24) is 9.97 Å². The molecular formula is C15H16F2N4O2S. The SMILES string of the molecule is Cc1cc(F)c(S(=O)(=O)Nc2cncc(N3CCCC3)n2)cc1F. The zero-order chi connectivity index (χ0) is 17.3. The Morgan fingerprint density at radius 1 is 1.12 bits per heavy atom. The van der Waals surface area contributed by atoms with Crippen LogP contribution in [0.5, 0.6) is 0 Å². The van der Waals surface area contributed by atoms with Crippen LogP contribution in [-0.2, 0) is 10.0 Å². The van der Waals surface area contributed by atoms with Gasteiger partial charge in [0, 0.05) is 13.1 Å². The second-order valence-corrected chi connectivity index (χ2v) is 7.24. The zero-order valence-corrected chi connectivity index (χ0v) is 13.8. The van der Waals surface area contributed by atoms with Crippen molar-refractivity contribution in [2.24, 2.45) is 0 Å². The van der Waals surface area contributed by atoms with Crippen LogP contribution in [0, 0.1) is 18.6 Å². The molecule has 24 heavy (non-hydrogen) atoms. The molecule has 6 nitrogen and oxygen atoms in total. The molecule has 1 aromatic carbocycles. The van der Waals surface area contributed by atoms with Crippen molar-refractivity contribution >= 4 is 21.7 Å². The average molecular weight is 354 g/mol. The fraction of sp³-hybridized carbons (Fsp3) is 0.333. The van der Waals surface area contributed by atoms with Crippen LogP contribution < -0.4 is 9.62 Å². The van der Waals surface area contributed by atoms with Crippen LogP contribution in [-0.4, -0.2) is 31.5 Å². The van der Waals surface area contributed by atoms with Gasteiger partial charge in [-0.3, -0.25) is 9.71 Å². The molecular weight excluding hydrogens is 338 g/mol. The number of aryl methyl sites for hydroxylation is 1. The minimum atomic E-state index is -4.31. The van der Waals surface area contributed by atoms with Gasteiger partial charge in [0.2, 0.25) is 0 Å². The maximum Gasteiger partial charge on any atom is 0.266 e. The number of hydrogen-bond donors (Lipinski definition) is 1. The van der Waals surface area contributed by atoms with Gasteiger partial charge >= 0.3 is 0 Å². The minimum Gasteiger partial charge on any atom is -0.355 e. The molecule has 1 fully saturated rings. The Labute approximate surface area is 138 Å². The second-order valence-electron chi connectivity index (χ2n) is 5.59. The number of nitrogens with one attached hydrogen (secondary N) is 1. The number of nitrogens with zero attached hydrogens (tertiary/aromatic N) is 3.